The smallest absolute Gasteiger partial charge is 0.425 e. The van der Waals surface area contributed by atoms with E-state index in [4.69, 9.17) is 4.74 Å². The number of nitrogens with one attached hydrogen (secondary N) is 1. The van der Waals surface area contributed by atoms with E-state index in [2.05, 4.69) is 14.7 Å². The van der Waals surface area contributed by atoms with Crippen molar-refractivity contribution in [3.63, 3.8) is 0 Å². The van der Waals surface area contributed by atoms with E-state index in [0.29, 0.717) is 5.56 Å². The summed E-state index contributed by atoms with van der Waals surface area (Å²) in [6, 6.07) is 12.9. The molecule has 4 rings (SSSR count). The number of imidazole rings is 1. The van der Waals surface area contributed by atoms with Gasteiger partial charge in [0.2, 0.25) is 0 Å². The number of nitrogens with zero attached hydrogens (tertiary/aromatic N) is 3. The second kappa shape index (κ2) is 8.49. The third kappa shape index (κ3) is 4.76. The minimum atomic E-state index is -4.87. The molecule has 0 bridgehead atoms. The summed E-state index contributed by atoms with van der Waals surface area (Å²) in [7, 11) is 0. The van der Waals surface area contributed by atoms with Crippen molar-refractivity contribution in [1.29, 1.82) is 0 Å². The van der Waals surface area contributed by atoms with Crippen LogP contribution in [-0.2, 0) is 13.1 Å². The highest BCUT2D eigenvalue weighted by Crippen LogP contribution is 2.31. The number of halogens is 3. The van der Waals surface area contributed by atoms with Crippen molar-refractivity contribution in [3.8, 4) is 17.5 Å². The van der Waals surface area contributed by atoms with Crippen LogP contribution in [0.3, 0.4) is 0 Å². The average Bonchev–Trinajstić information content (AvgIpc) is 3.05. The summed E-state index contributed by atoms with van der Waals surface area (Å²) in [5.74, 6) is -0.424. The highest BCUT2D eigenvalue weighted by molar-refractivity contribution is 5.72. The van der Waals surface area contributed by atoms with Gasteiger partial charge in [-0.1, -0.05) is 30.3 Å². The van der Waals surface area contributed by atoms with Gasteiger partial charge in [-0.3, -0.25) is 18.9 Å². The van der Waals surface area contributed by atoms with Crippen molar-refractivity contribution in [2.24, 2.45) is 0 Å². The number of aryl methyl sites for hydroxylation is 2. The lowest BCUT2D eigenvalue weighted by molar-refractivity contribution is -0.274. The molecule has 2 heterocycles. The molecule has 0 radical (unpaired) electrons. The Balaban J connectivity index is 1.87. The summed E-state index contributed by atoms with van der Waals surface area (Å²) in [6.07, 6.45) is -4.87. The SMILES string of the molecule is CCn1c(=O)[nH]c(=O)c2c1nc(Oc1cc(C)cc(OC(F)(F)F)c1)n2Cc1ccccc1. The summed E-state index contributed by atoms with van der Waals surface area (Å²) in [5.41, 5.74) is 0.221. The molecular formula is C22H19F3N4O4. The predicted molar refractivity (Wildman–Crippen MR) is 114 cm³/mol. The standard InChI is InChI=1S/C22H19F3N4O4/c1-3-28-18-17(19(30)27-20(28)31)29(12-14-7-5-4-6-8-14)21(26-18)32-15-9-13(2)10-16(11-15)33-22(23,24)25/h4-11H,3,12H2,1-2H3,(H,27,30,31). The van der Waals surface area contributed by atoms with Crippen molar-refractivity contribution in [1.82, 2.24) is 19.1 Å². The van der Waals surface area contributed by atoms with Crippen LogP contribution in [0.5, 0.6) is 17.5 Å². The van der Waals surface area contributed by atoms with Gasteiger partial charge in [-0.2, -0.15) is 4.98 Å². The summed E-state index contributed by atoms with van der Waals surface area (Å²) < 4.78 is 50.7. The largest absolute Gasteiger partial charge is 0.573 e. The molecule has 0 aliphatic heterocycles. The number of ether oxygens (including phenoxy) is 2. The van der Waals surface area contributed by atoms with Gasteiger partial charge in [-0.15, -0.1) is 13.2 Å². The lowest BCUT2D eigenvalue weighted by Crippen LogP contribution is -2.30. The zero-order valence-electron chi connectivity index (χ0n) is 17.6. The Labute approximate surface area is 184 Å². The fraction of sp³-hybridized carbons (Fsp3) is 0.227. The number of aromatic nitrogens is 4. The average molecular weight is 460 g/mol. The second-order valence-corrected chi connectivity index (χ2v) is 7.27. The highest BCUT2D eigenvalue weighted by atomic mass is 19.4. The van der Waals surface area contributed by atoms with Crippen LogP contribution in [0.15, 0.2) is 58.1 Å². The molecule has 0 unspecified atom stereocenters. The van der Waals surface area contributed by atoms with Gasteiger partial charge in [-0.25, -0.2) is 4.79 Å². The molecule has 0 spiro atoms. The maximum atomic E-state index is 12.7. The number of fused-ring (bicyclic) bond motifs is 1. The molecule has 0 saturated heterocycles. The topological polar surface area (TPSA) is 91.1 Å². The molecule has 2 aromatic heterocycles. The minimum absolute atomic E-state index is 0.0284. The quantitative estimate of drug-likeness (QED) is 0.471. The van der Waals surface area contributed by atoms with Gasteiger partial charge in [0.05, 0.1) is 6.54 Å². The maximum Gasteiger partial charge on any atom is 0.573 e. The van der Waals surface area contributed by atoms with Crippen LogP contribution in [0.4, 0.5) is 13.2 Å². The molecule has 0 aliphatic rings. The van der Waals surface area contributed by atoms with Gasteiger partial charge < -0.3 is 9.47 Å². The van der Waals surface area contributed by atoms with Gasteiger partial charge in [-0.05, 0) is 37.1 Å². The fourth-order valence-corrected chi connectivity index (χ4v) is 3.51. The van der Waals surface area contributed by atoms with Gasteiger partial charge >= 0.3 is 18.1 Å². The van der Waals surface area contributed by atoms with E-state index >= 15 is 0 Å². The van der Waals surface area contributed by atoms with Gasteiger partial charge in [0, 0.05) is 12.6 Å². The van der Waals surface area contributed by atoms with Crippen LogP contribution < -0.4 is 20.7 Å². The molecule has 11 heteroatoms. The van der Waals surface area contributed by atoms with Gasteiger partial charge in [0.15, 0.2) is 11.2 Å². The Kier molecular flexibility index (Phi) is 5.71. The molecule has 0 saturated carbocycles. The molecule has 0 amide bonds. The summed E-state index contributed by atoms with van der Waals surface area (Å²) in [4.78, 5) is 31.5. The third-order valence-electron chi connectivity index (χ3n) is 4.82. The first-order valence-corrected chi connectivity index (χ1v) is 9.97. The molecule has 0 aliphatic carbocycles. The highest BCUT2D eigenvalue weighted by Gasteiger charge is 2.31. The zero-order valence-corrected chi connectivity index (χ0v) is 17.6. The molecule has 1 N–H and O–H groups in total. The van der Waals surface area contributed by atoms with Crippen LogP contribution in [0.25, 0.3) is 11.2 Å². The molecule has 0 fully saturated rings. The Morgan fingerprint density at radius 2 is 1.73 bits per heavy atom. The monoisotopic (exact) mass is 460 g/mol. The minimum Gasteiger partial charge on any atom is -0.425 e. The number of aromatic amines is 1. The summed E-state index contributed by atoms with van der Waals surface area (Å²) in [6.45, 7) is 3.72. The van der Waals surface area contributed by atoms with Crippen LogP contribution in [0.2, 0.25) is 0 Å². The van der Waals surface area contributed by atoms with Gasteiger partial charge in [0.25, 0.3) is 5.56 Å². The second-order valence-electron chi connectivity index (χ2n) is 7.27. The number of benzene rings is 2. The summed E-state index contributed by atoms with van der Waals surface area (Å²) >= 11 is 0. The Hall–Kier alpha value is -4.02. The van der Waals surface area contributed by atoms with Crippen molar-refractivity contribution in [3.05, 3.63) is 80.5 Å². The van der Waals surface area contributed by atoms with Crippen LogP contribution in [-0.4, -0.2) is 25.5 Å². The van der Waals surface area contributed by atoms with Crippen molar-refractivity contribution < 1.29 is 22.6 Å². The van der Waals surface area contributed by atoms with E-state index < -0.39 is 23.4 Å². The normalized spacial score (nSPS) is 11.7. The molecule has 0 atom stereocenters. The number of alkyl halides is 3. The van der Waals surface area contributed by atoms with Crippen LogP contribution in [0.1, 0.15) is 18.1 Å². The first-order valence-electron chi connectivity index (χ1n) is 9.97. The van der Waals surface area contributed by atoms with E-state index in [1.165, 1.54) is 21.3 Å². The maximum absolute atomic E-state index is 12.7. The number of hydrogen-bond donors (Lipinski definition) is 1. The lowest BCUT2D eigenvalue weighted by Gasteiger charge is -2.13. The molecule has 2 aromatic carbocycles. The number of hydrogen-bond acceptors (Lipinski definition) is 5. The van der Waals surface area contributed by atoms with Gasteiger partial charge in [0.1, 0.15) is 11.5 Å². The molecule has 172 valence electrons. The number of H-pyrrole nitrogens is 1. The van der Waals surface area contributed by atoms with Crippen molar-refractivity contribution in [2.75, 3.05) is 0 Å². The Morgan fingerprint density at radius 1 is 1.03 bits per heavy atom. The lowest BCUT2D eigenvalue weighted by atomic mass is 10.2. The Morgan fingerprint density at radius 3 is 2.39 bits per heavy atom. The predicted octanol–water partition coefficient (Wildman–Crippen LogP) is 3.95. The van der Waals surface area contributed by atoms with E-state index in [9.17, 15) is 22.8 Å². The molecular weight excluding hydrogens is 441 g/mol. The van der Waals surface area contributed by atoms with Crippen molar-refractivity contribution in [2.45, 2.75) is 33.3 Å². The molecule has 33 heavy (non-hydrogen) atoms. The first-order chi connectivity index (χ1) is 15.6. The number of rotatable bonds is 6. The van der Waals surface area contributed by atoms with E-state index in [1.807, 2.05) is 30.3 Å². The van der Waals surface area contributed by atoms with E-state index in [-0.39, 0.29) is 36.0 Å². The fourth-order valence-electron chi connectivity index (χ4n) is 3.51. The third-order valence-corrected chi connectivity index (χ3v) is 4.82. The zero-order chi connectivity index (χ0) is 23.8. The summed E-state index contributed by atoms with van der Waals surface area (Å²) in [5, 5.41) is 0. The van der Waals surface area contributed by atoms with Crippen LogP contribution >= 0.6 is 0 Å². The molecule has 4 aromatic rings. The van der Waals surface area contributed by atoms with E-state index in [1.54, 1.807) is 13.8 Å². The molecule has 8 nitrogen and oxygen atoms in total. The van der Waals surface area contributed by atoms with E-state index in [0.717, 1.165) is 11.6 Å². The van der Waals surface area contributed by atoms with Crippen molar-refractivity contribution >= 4 is 11.2 Å². The van der Waals surface area contributed by atoms with Crippen LogP contribution in [0, 0.1) is 6.92 Å². The Bertz CT molecular complexity index is 1420. The first kappa shape index (κ1) is 22.2.